The van der Waals surface area contributed by atoms with Crippen LogP contribution < -0.4 is 10.6 Å². The van der Waals surface area contributed by atoms with Gasteiger partial charge in [-0.15, -0.1) is 0 Å². The smallest absolute Gasteiger partial charge is 0.0701 e. The third-order valence-corrected chi connectivity index (χ3v) is 3.86. The van der Waals surface area contributed by atoms with E-state index in [9.17, 15) is 0 Å². The van der Waals surface area contributed by atoms with Gasteiger partial charge in [0.25, 0.3) is 0 Å². The molecule has 0 bridgehead atoms. The van der Waals surface area contributed by atoms with Crippen molar-refractivity contribution >= 4 is 17.3 Å². The van der Waals surface area contributed by atoms with E-state index in [2.05, 4.69) is 11.0 Å². The van der Waals surface area contributed by atoms with Gasteiger partial charge in [-0.05, 0) is 30.5 Å². The number of aliphatic hydroxyl groups excluding tert-OH is 1. The lowest BCUT2D eigenvalue weighted by atomic mass is 10.1. The SMILES string of the molecule is NCc1ccc(N2CCC(OCCO)CC2)cc1Cl. The maximum Gasteiger partial charge on any atom is 0.0701 e. The molecule has 0 unspecified atom stereocenters. The molecule has 0 aliphatic carbocycles. The second kappa shape index (κ2) is 7.10. The van der Waals surface area contributed by atoms with Crippen LogP contribution in [0.25, 0.3) is 0 Å². The molecule has 2 rings (SSSR count). The molecule has 4 nitrogen and oxygen atoms in total. The Labute approximate surface area is 119 Å². The van der Waals surface area contributed by atoms with Crippen molar-refractivity contribution in [3.05, 3.63) is 28.8 Å². The largest absolute Gasteiger partial charge is 0.394 e. The number of nitrogens with zero attached hydrogens (tertiary/aromatic N) is 1. The molecule has 19 heavy (non-hydrogen) atoms. The Morgan fingerprint density at radius 1 is 1.37 bits per heavy atom. The van der Waals surface area contributed by atoms with Gasteiger partial charge in [-0.2, -0.15) is 0 Å². The van der Waals surface area contributed by atoms with Gasteiger partial charge >= 0.3 is 0 Å². The van der Waals surface area contributed by atoms with E-state index in [1.165, 1.54) is 0 Å². The summed E-state index contributed by atoms with van der Waals surface area (Å²) in [7, 11) is 0. The van der Waals surface area contributed by atoms with Crippen molar-refractivity contribution in [2.75, 3.05) is 31.2 Å². The lowest BCUT2D eigenvalue weighted by Crippen LogP contribution is -2.37. The van der Waals surface area contributed by atoms with Crippen LogP contribution in [0.2, 0.25) is 5.02 Å². The Morgan fingerprint density at radius 2 is 2.11 bits per heavy atom. The van der Waals surface area contributed by atoms with Crippen LogP contribution in [-0.4, -0.2) is 37.5 Å². The number of benzene rings is 1. The number of hydrogen-bond acceptors (Lipinski definition) is 4. The van der Waals surface area contributed by atoms with E-state index in [0.29, 0.717) is 13.2 Å². The van der Waals surface area contributed by atoms with Gasteiger partial charge < -0.3 is 20.5 Å². The van der Waals surface area contributed by atoms with Gasteiger partial charge in [-0.1, -0.05) is 17.7 Å². The summed E-state index contributed by atoms with van der Waals surface area (Å²) in [6, 6.07) is 6.05. The monoisotopic (exact) mass is 284 g/mol. The number of aliphatic hydroxyl groups is 1. The zero-order valence-corrected chi connectivity index (χ0v) is 11.8. The van der Waals surface area contributed by atoms with Crippen molar-refractivity contribution in [1.82, 2.24) is 0 Å². The Hall–Kier alpha value is -0.810. The van der Waals surface area contributed by atoms with E-state index in [1.54, 1.807) is 0 Å². The highest BCUT2D eigenvalue weighted by Crippen LogP contribution is 2.26. The van der Waals surface area contributed by atoms with E-state index in [0.717, 1.165) is 42.2 Å². The first-order chi connectivity index (χ1) is 9.24. The van der Waals surface area contributed by atoms with E-state index < -0.39 is 0 Å². The molecule has 1 aromatic rings. The van der Waals surface area contributed by atoms with Crippen LogP contribution in [0.3, 0.4) is 0 Å². The molecule has 3 N–H and O–H groups in total. The molecule has 1 saturated heterocycles. The first-order valence-electron chi connectivity index (χ1n) is 6.70. The van der Waals surface area contributed by atoms with E-state index in [1.807, 2.05) is 12.1 Å². The Kier molecular flexibility index (Phi) is 5.45. The predicted molar refractivity (Wildman–Crippen MR) is 77.6 cm³/mol. The predicted octanol–water partition coefficient (Wildman–Crippen LogP) is 1.78. The third-order valence-electron chi connectivity index (χ3n) is 3.51. The minimum Gasteiger partial charge on any atom is -0.394 e. The van der Waals surface area contributed by atoms with Crippen molar-refractivity contribution in [3.63, 3.8) is 0 Å². The summed E-state index contributed by atoms with van der Waals surface area (Å²) in [5.74, 6) is 0. The van der Waals surface area contributed by atoms with Crippen molar-refractivity contribution in [1.29, 1.82) is 0 Å². The normalized spacial score (nSPS) is 16.9. The summed E-state index contributed by atoms with van der Waals surface area (Å²) in [5, 5.41) is 9.48. The highest BCUT2D eigenvalue weighted by atomic mass is 35.5. The molecule has 1 fully saturated rings. The van der Waals surface area contributed by atoms with Gasteiger partial charge in [-0.25, -0.2) is 0 Å². The summed E-state index contributed by atoms with van der Waals surface area (Å²) in [6.07, 6.45) is 2.23. The summed E-state index contributed by atoms with van der Waals surface area (Å²) in [4.78, 5) is 2.31. The number of halogens is 1. The number of anilines is 1. The topological polar surface area (TPSA) is 58.7 Å². The second-order valence-corrected chi connectivity index (χ2v) is 5.17. The van der Waals surface area contributed by atoms with Crippen LogP contribution in [-0.2, 0) is 11.3 Å². The zero-order valence-electron chi connectivity index (χ0n) is 11.0. The van der Waals surface area contributed by atoms with Crippen molar-refractivity contribution in [2.45, 2.75) is 25.5 Å². The molecule has 0 aromatic heterocycles. The quantitative estimate of drug-likeness (QED) is 0.865. The highest BCUT2D eigenvalue weighted by molar-refractivity contribution is 6.31. The fourth-order valence-electron chi connectivity index (χ4n) is 2.40. The number of nitrogens with two attached hydrogens (primary N) is 1. The average molecular weight is 285 g/mol. The molecule has 1 heterocycles. The van der Waals surface area contributed by atoms with Crippen molar-refractivity contribution < 1.29 is 9.84 Å². The van der Waals surface area contributed by atoms with Crippen LogP contribution in [0.1, 0.15) is 18.4 Å². The maximum atomic E-state index is 8.75. The second-order valence-electron chi connectivity index (χ2n) is 4.76. The molecule has 0 saturated carbocycles. The summed E-state index contributed by atoms with van der Waals surface area (Å²) < 4.78 is 5.56. The average Bonchev–Trinajstić information content (AvgIpc) is 2.45. The number of rotatable bonds is 5. The molecule has 1 aromatic carbocycles. The van der Waals surface area contributed by atoms with Gasteiger partial charge in [0, 0.05) is 30.3 Å². The summed E-state index contributed by atoms with van der Waals surface area (Å²) in [6.45, 7) is 2.90. The van der Waals surface area contributed by atoms with Gasteiger partial charge in [0.2, 0.25) is 0 Å². The van der Waals surface area contributed by atoms with Gasteiger partial charge in [0.05, 0.1) is 19.3 Å². The lowest BCUT2D eigenvalue weighted by molar-refractivity contribution is 0.0159. The Morgan fingerprint density at radius 3 is 2.68 bits per heavy atom. The van der Waals surface area contributed by atoms with E-state index in [-0.39, 0.29) is 12.7 Å². The van der Waals surface area contributed by atoms with E-state index in [4.69, 9.17) is 27.2 Å². The van der Waals surface area contributed by atoms with Crippen molar-refractivity contribution in [2.24, 2.45) is 5.73 Å². The number of ether oxygens (including phenoxy) is 1. The molecule has 0 amide bonds. The summed E-state index contributed by atoms with van der Waals surface area (Å²) >= 11 is 6.19. The van der Waals surface area contributed by atoms with Gasteiger partial charge in [-0.3, -0.25) is 0 Å². The zero-order chi connectivity index (χ0) is 13.7. The first-order valence-corrected chi connectivity index (χ1v) is 7.08. The minimum atomic E-state index is 0.0936. The van der Waals surface area contributed by atoms with Gasteiger partial charge in [0.15, 0.2) is 0 Å². The third kappa shape index (κ3) is 3.83. The van der Waals surface area contributed by atoms with E-state index >= 15 is 0 Å². The maximum absolute atomic E-state index is 8.75. The Balaban J connectivity index is 1.92. The first kappa shape index (κ1) is 14.6. The van der Waals surface area contributed by atoms with Crippen LogP contribution in [0.4, 0.5) is 5.69 Å². The standard InChI is InChI=1S/C14H21ClN2O2/c15-14-9-12(2-1-11(14)10-16)17-5-3-13(4-6-17)19-8-7-18/h1-2,9,13,18H,3-8,10,16H2. The molecule has 106 valence electrons. The molecule has 1 aliphatic heterocycles. The van der Waals surface area contributed by atoms with Crippen LogP contribution >= 0.6 is 11.6 Å². The highest BCUT2D eigenvalue weighted by Gasteiger charge is 2.20. The minimum absolute atomic E-state index is 0.0936. The number of piperidine rings is 1. The van der Waals surface area contributed by atoms with Gasteiger partial charge in [0.1, 0.15) is 0 Å². The molecule has 5 heteroatoms. The fraction of sp³-hybridized carbons (Fsp3) is 0.571. The molecular formula is C14H21ClN2O2. The molecule has 1 aliphatic rings. The molecule has 0 spiro atoms. The lowest BCUT2D eigenvalue weighted by Gasteiger charge is -2.33. The fourth-order valence-corrected chi connectivity index (χ4v) is 2.65. The molecule has 0 atom stereocenters. The number of hydrogen-bond donors (Lipinski definition) is 2. The van der Waals surface area contributed by atoms with Crippen LogP contribution in [0, 0.1) is 0 Å². The molecular weight excluding hydrogens is 264 g/mol. The van der Waals surface area contributed by atoms with Crippen molar-refractivity contribution in [3.8, 4) is 0 Å². The van der Waals surface area contributed by atoms with Crippen LogP contribution in [0.15, 0.2) is 18.2 Å². The summed E-state index contributed by atoms with van der Waals surface area (Å²) in [5.41, 5.74) is 7.73. The van der Waals surface area contributed by atoms with Crippen LogP contribution in [0.5, 0.6) is 0 Å². The molecule has 0 radical (unpaired) electrons. The Bertz CT molecular complexity index is 406.